The quantitative estimate of drug-likeness (QED) is 0.802. The highest BCUT2D eigenvalue weighted by Gasteiger charge is 2.21. The van der Waals surface area contributed by atoms with Crippen LogP contribution in [0, 0.1) is 6.92 Å². The van der Waals surface area contributed by atoms with E-state index >= 15 is 0 Å². The second kappa shape index (κ2) is 5.83. The normalized spacial score (nSPS) is 11.1. The zero-order valence-electron chi connectivity index (χ0n) is 13.1. The molecule has 0 aliphatic carbocycles. The molecule has 1 aromatic heterocycles. The molecule has 1 aromatic rings. The Balaban J connectivity index is 3.14. The summed E-state index contributed by atoms with van der Waals surface area (Å²) < 4.78 is 5.30. The van der Waals surface area contributed by atoms with Gasteiger partial charge in [0, 0.05) is 4.88 Å². The van der Waals surface area contributed by atoms with Gasteiger partial charge in [-0.1, -0.05) is 13.2 Å². The van der Waals surface area contributed by atoms with Crippen molar-refractivity contribution in [1.82, 2.24) is 0 Å². The molecule has 0 aliphatic heterocycles. The minimum absolute atomic E-state index is 0.450. The fraction of sp³-hybridized carbons (Fsp3) is 0.438. The molecule has 1 rings (SSSR count). The Hall–Kier alpha value is -1.55. The van der Waals surface area contributed by atoms with E-state index in [1.807, 2.05) is 41.5 Å². The van der Waals surface area contributed by atoms with Crippen molar-refractivity contribution >= 4 is 34.3 Å². The molecule has 20 heavy (non-hydrogen) atoms. The number of hydrogen-bond donors (Lipinski definition) is 1. The second-order valence-electron chi connectivity index (χ2n) is 5.95. The SMILES string of the molecule is C=C(C)c1sc(C(=C)C)c(NC(=O)OC(C)(C)C)c1C. The summed E-state index contributed by atoms with van der Waals surface area (Å²) in [6.07, 6.45) is -0.450. The Bertz CT molecular complexity index is 562. The van der Waals surface area contributed by atoms with E-state index in [0.717, 1.165) is 32.2 Å². The van der Waals surface area contributed by atoms with Crippen LogP contribution >= 0.6 is 11.3 Å². The number of nitrogens with one attached hydrogen (secondary N) is 1. The van der Waals surface area contributed by atoms with Crippen molar-refractivity contribution in [1.29, 1.82) is 0 Å². The Labute approximate surface area is 125 Å². The van der Waals surface area contributed by atoms with Crippen molar-refractivity contribution in [2.24, 2.45) is 0 Å². The van der Waals surface area contributed by atoms with E-state index in [2.05, 4.69) is 18.5 Å². The molecule has 4 heteroatoms. The molecule has 0 aliphatic rings. The fourth-order valence-electron chi connectivity index (χ4n) is 1.78. The third-order valence-electron chi connectivity index (χ3n) is 2.55. The number of thiophene rings is 1. The molecular weight excluding hydrogens is 270 g/mol. The van der Waals surface area contributed by atoms with Gasteiger partial charge in [0.1, 0.15) is 5.60 Å². The van der Waals surface area contributed by atoms with Crippen LogP contribution < -0.4 is 5.32 Å². The molecule has 1 amide bonds. The number of amides is 1. The lowest BCUT2D eigenvalue weighted by Crippen LogP contribution is -2.27. The van der Waals surface area contributed by atoms with Gasteiger partial charge in [0.25, 0.3) is 0 Å². The van der Waals surface area contributed by atoms with Gasteiger partial charge in [-0.25, -0.2) is 4.79 Å². The highest BCUT2D eigenvalue weighted by atomic mass is 32.1. The van der Waals surface area contributed by atoms with Gasteiger partial charge in [-0.3, -0.25) is 5.32 Å². The van der Waals surface area contributed by atoms with E-state index in [4.69, 9.17) is 4.74 Å². The summed E-state index contributed by atoms with van der Waals surface area (Å²) >= 11 is 1.59. The number of carbonyl (C=O) groups is 1. The number of carbonyl (C=O) groups excluding carboxylic acids is 1. The van der Waals surface area contributed by atoms with Crippen LogP contribution in [0.3, 0.4) is 0 Å². The summed E-state index contributed by atoms with van der Waals surface area (Å²) in [6.45, 7) is 19.3. The molecule has 0 saturated heterocycles. The number of hydrogen-bond acceptors (Lipinski definition) is 3. The maximum absolute atomic E-state index is 12.0. The van der Waals surface area contributed by atoms with E-state index in [-0.39, 0.29) is 0 Å². The molecule has 0 bridgehead atoms. The van der Waals surface area contributed by atoms with Crippen LogP contribution in [0.1, 0.15) is 49.9 Å². The summed E-state index contributed by atoms with van der Waals surface area (Å²) in [5.74, 6) is 0. The lowest BCUT2D eigenvalue weighted by Gasteiger charge is -2.20. The molecule has 0 saturated carbocycles. The number of anilines is 1. The van der Waals surface area contributed by atoms with Gasteiger partial charge in [-0.15, -0.1) is 11.3 Å². The second-order valence-corrected chi connectivity index (χ2v) is 6.97. The van der Waals surface area contributed by atoms with Crippen LogP contribution in [-0.2, 0) is 4.74 Å². The van der Waals surface area contributed by atoms with Crippen molar-refractivity contribution in [3.8, 4) is 0 Å². The summed E-state index contributed by atoms with van der Waals surface area (Å²) in [6, 6.07) is 0. The Morgan fingerprint density at radius 1 is 1.15 bits per heavy atom. The number of ether oxygens (including phenoxy) is 1. The third kappa shape index (κ3) is 3.97. The van der Waals surface area contributed by atoms with Crippen LogP contribution in [0.15, 0.2) is 13.2 Å². The summed E-state index contributed by atoms with van der Waals surface area (Å²) in [7, 11) is 0. The van der Waals surface area contributed by atoms with Crippen molar-refractivity contribution in [2.45, 2.75) is 47.1 Å². The van der Waals surface area contributed by atoms with E-state index in [1.54, 1.807) is 11.3 Å². The lowest BCUT2D eigenvalue weighted by atomic mass is 10.1. The van der Waals surface area contributed by atoms with Crippen molar-refractivity contribution in [3.05, 3.63) is 28.5 Å². The summed E-state index contributed by atoms with van der Waals surface area (Å²) in [4.78, 5) is 14.0. The third-order valence-corrected chi connectivity index (χ3v) is 4.16. The molecule has 1 N–H and O–H groups in total. The van der Waals surface area contributed by atoms with E-state index in [0.29, 0.717) is 0 Å². The standard InChI is InChI=1S/C16H23NO2S/c1-9(2)13-11(5)12(14(20-13)10(3)4)17-15(18)19-16(6,7)8/h1,3H2,2,4-8H3,(H,17,18). The zero-order valence-corrected chi connectivity index (χ0v) is 14.0. The monoisotopic (exact) mass is 293 g/mol. The molecule has 0 atom stereocenters. The summed E-state index contributed by atoms with van der Waals surface area (Å²) in [5, 5.41) is 2.84. The molecule has 0 unspecified atom stereocenters. The maximum atomic E-state index is 12.0. The first-order valence-corrected chi connectivity index (χ1v) is 7.29. The van der Waals surface area contributed by atoms with Crippen LogP contribution in [0.5, 0.6) is 0 Å². The van der Waals surface area contributed by atoms with Crippen molar-refractivity contribution < 1.29 is 9.53 Å². The fourth-order valence-corrected chi connectivity index (χ4v) is 2.89. The van der Waals surface area contributed by atoms with Crippen LogP contribution in [0.25, 0.3) is 11.1 Å². The molecule has 0 radical (unpaired) electrons. The van der Waals surface area contributed by atoms with E-state index in [9.17, 15) is 4.79 Å². The zero-order chi connectivity index (χ0) is 15.7. The van der Waals surface area contributed by atoms with Crippen molar-refractivity contribution in [3.63, 3.8) is 0 Å². The van der Waals surface area contributed by atoms with Gasteiger partial charge in [0.05, 0.1) is 10.6 Å². The topological polar surface area (TPSA) is 38.3 Å². The summed E-state index contributed by atoms with van der Waals surface area (Å²) in [5.41, 5.74) is 3.15. The van der Waals surface area contributed by atoms with Crippen molar-refractivity contribution in [2.75, 3.05) is 5.32 Å². The van der Waals surface area contributed by atoms with Crippen LogP contribution in [0.2, 0.25) is 0 Å². The lowest BCUT2D eigenvalue weighted by molar-refractivity contribution is 0.0636. The Morgan fingerprint density at radius 2 is 1.65 bits per heavy atom. The van der Waals surface area contributed by atoms with Gasteiger partial charge >= 0.3 is 6.09 Å². The first-order valence-electron chi connectivity index (χ1n) is 6.48. The average molecular weight is 293 g/mol. The van der Waals surface area contributed by atoms with Crippen LogP contribution in [-0.4, -0.2) is 11.7 Å². The highest BCUT2D eigenvalue weighted by molar-refractivity contribution is 7.15. The predicted molar refractivity (Wildman–Crippen MR) is 88.3 cm³/mol. The molecular formula is C16H23NO2S. The molecule has 0 spiro atoms. The van der Waals surface area contributed by atoms with Crippen LogP contribution in [0.4, 0.5) is 10.5 Å². The molecule has 0 aromatic carbocycles. The molecule has 3 nitrogen and oxygen atoms in total. The van der Waals surface area contributed by atoms with Gasteiger partial charge < -0.3 is 4.74 Å². The molecule has 0 fully saturated rings. The Kier molecular flexibility index (Phi) is 4.81. The molecule has 110 valence electrons. The number of rotatable bonds is 3. The maximum Gasteiger partial charge on any atom is 0.412 e. The smallest absolute Gasteiger partial charge is 0.412 e. The largest absolute Gasteiger partial charge is 0.444 e. The first kappa shape index (κ1) is 16.5. The van der Waals surface area contributed by atoms with Gasteiger partial charge in [0.15, 0.2) is 0 Å². The van der Waals surface area contributed by atoms with Gasteiger partial charge in [-0.05, 0) is 58.3 Å². The highest BCUT2D eigenvalue weighted by Crippen LogP contribution is 2.40. The Morgan fingerprint density at radius 3 is 2.05 bits per heavy atom. The minimum Gasteiger partial charge on any atom is -0.444 e. The first-order chi connectivity index (χ1) is 9.03. The van der Waals surface area contributed by atoms with Gasteiger partial charge in [-0.2, -0.15) is 0 Å². The van der Waals surface area contributed by atoms with E-state index in [1.165, 1.54) is 0 Å². The van der Waals surface area contributed by atoms with E-state index < -0.39 is 11.7 Å². The minimum atomic E-state index is -0.519. The predicted octanol–water partition coefficient (Wildman–Crippen LogP) is 5.47. The molecule has 1 heterocycles. The average Bonchev–Trinajstić information content (AvgIpc) is 2.54. The number of allylic oxidation sites excluding steroid dienone is 2. The van der Waals surface area contributed by atoms with Gasteiger partial charge in [0.2, 0.25) is 0 Å².